The first kappa shape index (κ1) is 14.2. The van der Waals surface area contributed by atoms with Gasteiger partial charge in [0.05, 0.1) is 11.3 Å². The van der Waals surface area contributed by atoms with Crippen molar-refractivity contribution < 1.29 is 14.6 Å². The fourth-order valence-corrected chi connectivity index (χ4v) is 2.27. The number of anilines is 1. The summed E-state index contributed by atoms with van der Waals surface area (Å²) >= 11 is 5.97. The number of benzene rings is 2. The van der Waals surface area contributed by atoms with E-state index in [0.717, 1.165) is 11.1 Å². The van der Waals surface area contributed by atoms with Crippen LogP contribution in [0.25, 0.3) is 0 Å². The number of carboxylic acids is 1. The second-order valence-electron chi connectivity index (χ2n) is 4.53. The van der Waals surface area contributed by atoms with Crippen molar-refractivity contribution in [2.24, 2.45) is 0 Å². The zero-order chi connectivity index (χ0) is 14.9. The van der Waals surface area contributed by atoms with Gasteiger partial charge in [-0.1, -0.05) is 11.6 Å². The molecule has 0 spiro atoms. The number of aromatic carboxylic acids is 1. The minimum absolute atomic E-state index is 0.124. The van der Waals surface area contributed by atoms with Crippen LogP contribution in [0.1, 0.15) is 21.5 Å². The van der Waals surface area contributed by atoms with Gasteiger partial charge in [-0.3, -0.25) is 0 Å². The van der Waals surface area contributed by atoms with Gasteiger partial charge in [0.25, 0.3) is 0 Å². The zero-order valence-electron chi connectivity index (χ0n) is 11.1. The van der Waals surface area contributed by atoms with Crippen LogP contribution in [-0.2, 0) is 0 Å². The topological polar surface area (TPSA) is 72.5 Å². The Hall–Kier alpha value is -2.20. The maximum Gasteiger partial charge on any atom is 0.335 e. The summed E-state index contributed by atoms with van der Waals surface area (Å²) in [6.45, 7) is 3.77. The molecular weight excluding hydrogens is 278 g/mol. The molecule has 5 heteroatoms. The largest absolute Gasteiger partial charge is 0.478 e. The molecule has 0 heterocycles. The third-order valence-corrected chi connectivity index (χ3v) is 3.11. The average molecular weight is 292 g/mol. The zero-order valence-corrected chi connectivity index (χ0v) is 11.9. The SMILES string of the molecule is Cc1cc(Cl)cc(C)c1Oc1ccc(C(=O)O)cc1N. The molecule has 104 valence electrons. The van der Waals surface area contributed by atoms with Gasteiger partial charge in [0.1, 0.15) is 11.5 Å². The van der Waals surface area contributed by atoms with Crippen molar-refractivity contribution in [1.29, 1.82) is 0 Å². The normalized spacial score (nSPS) is 10.3. The fourth-order valence-electron chi connectivity index (χ4n) is 1.94. The lowest BCUT2D eigenvalue weighted by Crippen LogP contribution is -2.00. The quantitative estimate of drug-likeness (QED) is 0.837. The van der Waals surface area contributed by atoms with Gasteiger partial charge in [0, 0.05) is 5.02 Å². The Morgan fingerprint density at radius 3 is 2.30 bits per heavy atom. The third kappa shape index (κ3) is 2.86. The number of nitrogens with two attached hydrogens (primary N) is 1. The van der Waals surface area contributed by atoms with Crippen LogP contribution in [0, 0.1) is 13.8 Å². The van der Waals surface area contributed by atoms with E-state index in [1.807, 2.05) is 13.8 Å². The van der Waals surface area contributed by atoms with Crippen molar-refractivity contribution >= 4 is 23.3 Å². The van der Waals surface area contributed by atoms with E-state index in [1.165, 1.54) is 12.1 Å². The molecular formula is C15H14ClNO3. The van der Waals surface area contributed by atoms with Crippen LogP contribution in [0.2, 0.25) is 5.02 Å². The number of hydrogen-bond acceptors (Lipinski definition) is 3. The first-order chi connectivity index (χ1) is 9.38. The molecule has 0 fully saturated rings. The number of carboxylic acid groups (broad SMARTS) is 1. The number of halogens is 1. The van der Waals surface area contributed by atoms with Crippen molar-refractivity contribution in [2.45, 2.75) is 13.8 Å². The van der Waals surface area contributed by atoms with Crippen LogP contribution in [0.5, 0.6) is 11.5 Å². The lowest BCUT2D eigenvalue weighted by Gasteiger charge is -2.14. The molecule has 0 bridgehead atoms. The van der Waals surface area contributed by atoms with E-state index >= 15 is 0 Å². The van der Waals surface area contributed by atoms with Gasteiger partial charge in [0.2, 0.25) is 0 Å². The summed E-state index contributed by atoms with van der Waals surface area (Å²) in [6.07, 6.45) is 0. The second kappa shape index (κ2) is 5.43. The highest BCUT2D eigenvalue weighted by molar-refractivity contribution is 6.30. The van der Waals surface area contributed by atoms with Crippen LogP contribution in [0.4, 0.5) is 5.69 Å². The highest BCUT2D eigenvalue weighted by Crippen LogP contribution is 2.34. The van der Waals surface area contributed by atoms with Gasteiger partial charge >= 0.3 is 5.97 Å². The molecule has 20 heavy (non-hydrogen) atoms. The molecule has 3 N–H and O–H groups in total. The van der Waals surface area contributed by atoms with E-state index in [2.05, 4.69) is 0 Å². The Kier molecular flexibility index (Phi) is 3.86. The molecule has 0 saturated carbocycles. The summed E-state index contributed by atoms with van der Waals surface area (Å²) in [4.78, 5) is 10.9. The molecule has 4 nitrogen and oxygen atoms in total. The predicted octanol–water partition coefficient (Wildman–Crippen LogP) is 4.03. The standard InChI is InChI=1S/C15H14ClNO3/c1-8-5-11(16)6-9(2)14(8)20-13-4-3-10(15(18)19)7-12(13)17/h3-7H,17H2,1-2H3,(H,18,19). The summed E-state index contributed by atoms with van der Waals surface area (Å²) in [7, 11) is 0. The number of hydrogen-bond donors (Lipinski definition) is 2. The average Bonchev–Trinajstić information content (AvgIpc) is 2.34. The molecule has 0 aliphatic carbocycles. The van der Waals surface area contributed by atoms with Crippen LogP contribution >= 0.6 is 11.6 Å². The third-order valence-electron chi connectivity index (χ3n) is 2.89. The monoisotopic (exact) mass is 291 g/mol. The molecule has 0 saturated heterocycles. The van der Waals surface area contributed by atoms with Crippen molar-refractivity contribution in [2.75, 3.05) is 5.73 Å². The number of nitrogen functional groups attached to an aromatic ring is 1. The van der Waals surface area contributed by atoms with Crippen molar-refractivity contribution in [3.63, 3.8) is 0 Å². The molecule has 0 amide bonds. The smallest absolute Gasteiger partial charge is 0.335 e. The highest BCUT2D eigenvalue weighted by Gasteiger charge is 2.11. The second-order valence-corrected chi connectivity index (χ2v) is 4.96. The van der Waals surface area contributed by atoms with Crippen molar-refractivity contribution in [1.82, 2.24) is 0 Å². The van der Waals surface area contributed by atoms with Crippen molar-refractivity contribution in [3.05, 3.63) is 52.0 Å². The van der Waals surface area contributed by atoms with Gasteiger partial charge in [-0.25, -0.2) is 4.79 Å². The Balaban J connectivity index is 2.38. The van der Waals surface area contributed by atoms with Crippen LogP contribution in [-0.4, -0.2) is 11.1 Å². The maximum atomic E-state index is 10.9. The summed E-state index contributed by atoms with van der Waals surface area (Å²) in [5.74, 6) is 0.0646. The maximum absolute atomic E-state index is 10.9. The van der Waals surface area contributed by atoms with Crippen LogP contribution in [0.3, 0.4) is 0 Å². The first-order valence-electron chi connectivity index (χ1n) is 5.96. The molecule has 0 aliphatic heterocycles. The first-order valence-corrected chi connectivity index (χ1v) is 6.33. The molecule has 0 aliphatic rings. The number of rotatable bonds is 3. The Morgan fingerprint density at radius 1 is 1.20 bits per heavy atom. The molecule has 0 atom stereocenters. The molecule has 0 radical (unpaired) electrons. The van der Waals surface area contributed by atoms with E-state index in [0.29, 0.717) is 16.5 Å². The van der Waals surface area contributed by atoms with Gasteiger partial charge in [0.15, 0.2) is 0 Å². The van der Waals surface area contributed by atoms with E-state index in [1.54, 1.807) is 18.2 Å². The molecule has 2 aromatic rings. The molecule has 0 unspecified atom stereocenters. The van der Waals surface area contributed by atoms with Gasteiger partial charge in [-0.05, 0) is 55.3 Å². The number of aryl methyl sites for hydroxylation is 2. The lowest BCUT2D eigenvalue weighted by molar-refractivity contribution is 0.0697. The highest BCUT2D eigenvalue weighted by atomic mass is 35.5. The summed E-state index contributed by atoms with van der Waals surface area (Å²) < 4.78 is 5.78. The minimum Gasteiger partial charge on any atom is -0.478 e. The van der Waals surface area contributed by atoms with Crippen LogP contribution in [0.15, 0.2) is 30.3 Å². The van der Waals surface area contributed by atoms with Crippen LogP contribution < -0.4 is 10.5 Å². The fraction of sp³-hybridized carbons (Fsp3) is 0.133. The van der Waals surface area contributed by atoms with E-state index in [4.69, 9.17) is 27.2 Å². The lowest BCUT2D eigenvalue weighted by atomic mass is 10.1. The molecule has 0 aromatic heterocycles. The van der Waals surface area contributed by atoms with Crippen molar-refractivity contribution in [3.8, 4) is 11.5 Å². The minimum atomic E-state index is -1.03. The summed E-state index contributed by atoms with van der Waals surface area (Å²) in [5.41, 5.74) is 8.00. The van der Waals surface area contributed by atoms with Gasteiger partial charge < -0.3 is 15.6 Å². The Morgan fingerprint density at radius 2 is 1.80 bits per heavy atom. The van der Waals surface area contributed by atoms with E-state index < -0.39 is 5.97 Å². The number of ether oxygens (including phenoxy) is 1. The summed E-state index contributed by atoms with van der Waals surface area (Å²) in [6, 6.07) is 7.97. The Bertz CT molecular complexity index is 660. The number of carbonyl (C=O) groups is 1. The van der Waals surface area contributed by atoms with Gasteiger partial charge in [-0.15, -0.1) is 0 Å². The van der Waals surface area contributed by atoms with E-state index in [9.17, 15) is 4.79 Å². The predicted molar refractivity (Wildman–Crippen MR) is 78.8 cm³/mol. The summed E-state index contributed by atoms with van der Waals surface area (Å²) in [5, 5.41) is 9.54. The molecule has 2 rings (SSSR count). The van der Waals surface area contributed by atoms with Gasteiger partial charge in [-0.2, -0.15) is 0 Å². The molecule has 2 aromatic carbocycles. The Labute approximate surface area is 121 Å². The van der Waals surface area contributed by atoms with E-state index in [-0.39, 0.29) is 11.3 Å².